The highest BCUT2D eigenvalue weighted by Crippen LogP contribution is 2.12. The Balaban J connectivity index is 2.13. The molecule has 1 atom stereocenters. The van der Waals surface area contributed by atoms with Gasteiger partial charge < -0.3 is 5.32 Å². The average molecular weight is 265 g/mol. The van der Waals surface area contributed by atoms with Gasteiger partial charge in [0.2, 0.25) is 5.91 Å². The molecule has 1 amide bonds. The van der Waals surface area contributed by atoms with Gasteiger partial charge in [-0.15, -0.1) is 0 Å². The van der Waals surface area contributed by atoms with Gasteiger partial charge in [-0.05, 0) is 18.4 Å². The van der Waals surface area contributed by atoms with Gasteiger partial charge in [0.1, 0.15) is 0 Å². The van der Waals surface area contributed by atoms with Gasteiger partial charge in [0.15, 0.2) is 0 Å². The maximum atomic E-state index is 11.6. The highest BCUT2D eigenvalue weighted by Gasteiger charge is 2.10. The van der Waals surface area contributed by atoms with Crippen molar-refractivity contribution in [1.29, 1.82) is 0 Å². The van der Waals surface area contributed by atoms with Crippen molar-refractivity contribution in [3.05, 3.63) is 35.9 Å². The Morgan fingerprint density at radius 3 is 2.50 bits per heavy atom. The van der Waals surface area contributed by atoms with E-state index in [1.165, 1.54) is 5.56 Å². The van der Waals surface area contributed by atoms with Gasteiger partial charge >= 0.3 is 0 Å². The molecule has 100 valence electrons. The zero-order valence-corrected chi connectivity index (χ0v) is 12.3. The van der Waals surface area contributed by atoms with E-state index >= 15 is 0 Å². The SMILES string of the molecule is CC(C)[C@@H](C)NC(=O)CCSCc1ccccc1. The predicted octanol–water partition coefficient (Wildman–Crippen LogP) is 3.47. The number of hydrogen-bond acceptors (Lipinski definition) is 2. The molecule has 1 N–H and O–H groups in total. The molecule has 0 saturated carbocycles. The fraction of sp³-hybridized carbons (Fsp3) is 0.533. The molecule has 1 aromatic rings. The van der Waals surface area contributed by atoms with Crippen LogP contribution in [0.3, 0.4) is 0 Å². The average Bonchev–Trinajstić information content (AvgIpc) is 2.35. The van der Waals surface area contributed by atoms with Gasteiger partial charge in [-0.2, -0.15) is 11.8 Å². The molecule has 1 rings (SSSR count). The highest BCUT2D eigenvalue weighted by atomic mass is 32.2. The van der Waals surface area contributed by atoms with Crippen molar-refractivity contribution in [3.63, 3.8) is 0 Å². The number of nitrogens with one attached hydrogen (secondary N) is 1. The summed E-state index contributed by atoms with van der Waals surface area (Å²) in [4.78, 5) is 11.6. The Kier molecular flexibility index (Phi) is 6.88. The summed E-state index contributed by atoms with van der Waals surface area (Å²) in [5.74, 6) is 2.52. The van der Waals surface area contributed by atoms with Crippen LogP contribution in [0.5, 0.6) is 0 Å². The summed E-state index contributed by atoms with van der Waals surface area (Å²) in [6, 6.07) is 10.6. The van der Waals surface area contributed by atoms with E-state index in [-0.39, 0.29) is 11.9 Å². The van der Waals surface area contributed by atoms with Gasteiger partial charge in [-0.25, -0.2) is 0 Å². The van der Waals surface area contributed by atoms with Crippen molar-refractivity contribution in [2.24, 2.45) is 5.92 Å². The van der Waals surface area contributed by atoms with Gasteiger partial charge in [-0.3, -0.25) is 4.79 Å². The third-order valence-electron chi connectivity index (χ3n) is 2.97. The minimum absolute atomic E-state index is 0.164. The molecule has 0 aliphatic rings. The summed E-state index contributed by atoms with van der Waals surface area (Å²) in [5, 5.41) is 3.03. The van der Waals surface area contributed by atoms with E-state index in [1.54, 1.807) is 0 Å². The second kappa shape index (κ2) is 8.20. The molecule has 0 radical (unpaired) electrons. The lowest BCUT2D eigenvalue weighted by atomic mass is 10.1. The van der Waals surface area contributed by atoms with Crippen LogP contribution in [0.1, 0.15) is 32.8 Å². The molecule has 1 aromatic carbocycles. The zero-order valence-electron chi connectivity index (χ0n) is 11.5. The molecule has 2 nitrogen and oxygen atoms in total. The summed E-state index contributed by atoms with van der Waals surface area (Å²) >= 11 is 1.81. The van der Waals surface area contributed by atoms with E-state index in [0.717, 1.165) is 11.5 Å². The minimum atomic E-state index is 0.164. The molecule has 0 heterocycles. The summed E-state index contributed by atoms with van der Waals surface area (Å²) in [6.45, 7) is 6.30. The number of carbonyl (C=O) groups excluding carboxylic acids is 1. The second-order valence-electron chi connectivity index (χ2n) is 4.89. The van der Waals surface area contributed by atoms with Crippen LogP contribution in [0.2, 0.25) is 0 Å². The highest BCUT2D eigenvalue weighted by molar-refractivity contribution is 7.98. The monoisotopic (exact) mass is 265 g/mol. The first-order valence-electron chi connectivity index (χ1n) is 6.50. The van der Waals surface area contributed by atoms with Gasteiger partial charge in [0, 0.05) is 24.0 Å². The Bertz CT molecular complexity index is 351. The number of benzene rings is 1. The first-order chi connectivity index (χ1) is 8.59. The van der Waals surface area contributed by atoms with Crippen LogP contribution in [0.4, 0.5) is 0 Å². The van der Waals surface area contributed by atoms with Crippen molar-refractivity contribution in [2.45, 2.75) is 39.0 Å². The van der Waals surface area contributed by atoms with Crippen LogP contribution >= 0.6 is 11.8 Å². The molecule has 3 heteroatoms. The number of carbonyl (C=O) groups is 1. The van der Waals surface area contributed by atoms with Crippen molar-refractivity contribution in [1.82, 2.24) is 5.32 Å². The van der Waals surface area contributed by atoms with E-state index in [9.17, 15) is 4.79 Å². The van der Waals surface area contributed by atoms with E-state index in [4.69, 9.17) is 0 Å². The predicted molar refractivity (Wildman–Crippen MR) is 79.7 cm³/mol. The molecule has 0 spiro atoms. The van der Waals surface area contributed by atoms with Gasteiger partial charge in [-0.1, -0.05) is 44.2 Å². The van der Waals surface area contributed by atoms with Crippen LogP contribution in [0, 0.1) is 5.92 Å². The lowest BCUT2D eigenvalue weighted by Crippen LogP contribution is -2.36. The maximum absolute atomic E-state index is 11.6. The first kappa shape index (κ1) is 15.1. The fourth-order valence-electron chi connectivity index (χ4n) is 1.42. The van der Waals surface area contributed by atoms with Gasteiger partial charge in [0.05, 0.1) is 0 Å². The third kappa shape index (κ3) is 6.10. The minimum Gasteiger partial charge on any atom is -0.353 e. The van der Waals surface area contributed by atoms with Crippen molar-refractivity contribution in [2.75, 3.05) is 5.75 Å². The standard InChI is InChI=1S/C15H23NOS/c1-12(2)13(3)16-15(17)9-10-18-11-14-7-5-4-6-8-14/h4-8,12-13H,9-11H2,1-3H3,(H,16,17)/t13-/m1/s1. The van der Waals surface area contributed by atoms with E-state index in [0.29, 0.717) is 12.3 Å². The first-order valence-corrected chi connectivity index (χ1v) is 7.66. The number of amides is 1. The summed E-state index contributed by atoms with van der Waals surface area (Å²) in [6.07, 6.45) is 0.606. The molecule has 18 heavy (non-hydrogen) atoms. The molecule has 0 aromatic heterocycles. The zero-order chi connectivity index (χ0) is 13.4. The van der Waals surface area contributed by atoms with Crippen LogP contribution in [-0.2, 0) is 10.5 Å². The molecule has 0 fully saturated rings. The van der Waals surface area contributed by atoms with E-state index in [1.807, 2.05) is 30.0 Å². The maximum Gasteiger partial charge on any atom is 0.221 e. The molecule has 0 aliphatic heterocycles. The van der Waals surface area contributed by atoms with Crippen molar-refractivity contribution >= 4 is 17.7 Å². The normalized spacial score (nSPS) is 12.4. The number of rotatable bonds is 7. The third-order valence-corrected chi connectivity index (χ3v) is 4.00. The summed E-state index contributed by atoms with van der Waals surface area (Å²) in [7, 11) is 0. The van der Waals surface area contributed by atoms with Gasteiger partial charge in [0.25, 0.3) is 0 Å². The Morgan fingerprint density at radius 1 is 1.22 bits per heavy atom. The van der Waals surface area contributed by atoms with Crippen molar-refractivity contribution < 1.29 is 4.79 Å². The van der Waals surface area contributed by atoms with Crippen LogP contribution in [-0.4, -0.2) is 17.7 Å². The molecule has 0 saturated heterocycles. The van der Waals surface area contributed by atoms with Crippen LogP contribution < -0.4 is 5.32 Å². The number of hydrogen-bond donors (Lipinski definition) is 1. The Labute approximate surface area is 115 Å². The molecule has 0 unspecified atom stereocenters. The van der Waals surface area contributed by atoms with Crippen LogP contribution in [0.15, 0.2) is 30.3 Å². The molecule has 0 bridgehead atoms. The smallest absolute Gasteiger partial charge is 0.221 e. The second-order valence-corrected chi connectivity index (χ2v) is 5.99. The fourth-order valence-corrected chi connectivity index (χ4v) is 2.32. The van der Waals surface area contributed by atoms with E-state index < -0.39 is 0 Å². The number of thioether (sulfide) groups is 1. The lowest BCUT2D eigenvalue weighted by Gasteiger charge is -2.17. The lowest BCUT2D eigenvalue weighted by molar-refractivity contribution is -0.121. The molecule has 0 aliphatic carbocycles. The van der Waals surface area contributed by atoms with Crippen molar-refractivity contribution in [3.8, 4) is 0 Å². The summed E-state index contributed by atoms with van der Waals surface area (Å²) in [5.41, 5.74) is 1.32. The summed E-state index contributed by atoms with van der Waals surface area (Å²) < 4.78 is 0. The quantitative estimate of drug-likeness (QED) is 0.765. The van der Waals surface area contributed by atoms with Crippen LogP contribution in [0.25, 0.3) is 0 Å². The molecular weight excluding hydrogens is 242 g/mol. The van der Waals surface area contributed by atoms with E-state index in [2.05, 4.69) is 38.2 Å². The largest absolute Gasteiger partial charge is 0.353 e. The Morgan fingerprint density at radius 2 is 1.89 bits per heavy atom. The topological polar surface area (TPSA) is 29.1 Å². The molecular formula is C15H23NOS. The Hall–Kier alpha value is -0.960.